The van der Waals surface area contributed by atoms with Crippen LogP contribution in [0.3, 0.4) is 0 Å². The molecule has 0 amide bonds. The number of hydrogen-bond donors (Lipinski definition) is 0. The van der Waals surface area contributed by atoms with Crippen LogP contribution in [0, 0.1) is 11.3 Å². The number of carbonyl (C=O) groups excluding carboxylic acids is 5. The van der Waals surface area contributed by atoms with Crippen molar-refractivity contribution in [2.45, 2.75) is 108 Å². The Balaban J connectivity index is 1.46. The van der Waals surface area contributed by atoms with Crippen LogP contribution in [0.2, 0.25) is 0 Å². The van der Waals surface area contributed by atoms with E-state index in [4.69, 9.17) is 52.1 Å². The lowest BCUT2D eigenvalue weighted by atomic mass is 9.96. The van der Waals surface area contributed by atoms with E-state index in [1.807, 2.05) is 12.1 Å². The maximum Gasteiger partial charge on any atom is 0.303 e. The van der Waals surface area contributed by atoms with Crippen LogP contribution in [-0.4, -0.2) is 104 Å². The van der Waals surface area contributed by atoms with Gasteiger partial charge in [0.2, 0.25) is 6.29 Å². The average molecular weight is 756 g/mol. The van der Waals surface area contributed by atoms with E-state index in [2.05, 4.69) is 0 Å². The standard InChI is InChI=1S/C37H41NO16/c1-19(39)46-29-27(53-37(34(50-23(5)43)31(29)47-20(2)40)51-26(16-38)24-12-8-6-9-13-24)18-45-36-33(49-22(4)42)32(48-21(3)41)30-28(52-36)17-44-35(54-30)25-14-10-7-11-15-25/h6-15,26-37H,17-18H2,1-5H3/t26-,27+,28+,29+,30+,31-,32-,33+,34+,35?,36+,37+/m0/s1. The zero-order valence-electron chi connectivity index (χ0n) is 30.1. The van der Waals surface area contributed by atoms with Crippen LogP contribution in [0.4, 0.5) is 0 Å². The summed E-state index contributed by atoms with van der Waals surface area (Å²) in [6.07, 6.45) is -15.6. The molecule has 0 aromatic heterocycles. The van der Waals surface area contributed by atoms with Gasteiger partial charge in [-0.15, -0.1) is 0 Å². The van der Waals surface area contributed by atoms with Crippen molar-refractivity contribution in [3.63, 3.8) is 0 Å². The van der Waals surface area contributed by atoms with Gasteiger partial charge in [0.25, 0.3) is 0 Å². The lowest BCUT2D eigenvalue weighted by Crippen LogP contribution is -2.65. The summed E-state index contributed by atoms with van der Waals surface area (Å²) in [6, 6.07) is 19.4. The number of esters is 5. The summed E-state index contributed by atoms with van der Waals surface area (Å²) >= 11 is 0. The summed E-state index contributed by atoms with van der Waals surface area (Å²) < 4.78 is 64.7. The van der Waals surface area contributed by atoms with Gasteiger partial charge in [0.05, 0.1) is 19.3 Å². The second-order valence-corrected chi connectivity index (χ2v) is 12.5. The lowest BCUT2D eigenvalue weighted by molar-refractivity contribution is -0.369. The largest absolute Gasteiger partial charge is 0.456 e. The van der Waals surface area contributed by atoms with Gasteiger partial charge in [0, 0.05) is 40.2 Å². The third-order valence-electron chi connectivity index (χ3n) is 8.37. The van der Waals surface area contributed by atoms with Gasteiger partial charge >= 0.3 is 29.8 Å². The van der Waals surface area contributed by atoms with Gasteiger partial charge in [-0.05, 0) is 5.56 Å². The predicted octanol–water partition coefficient (Wildman–Crippen LogP) is 2.51. The van der Waals surface area contributed by atoms with Gasteiger partial charge in [-0.1, -0.05) is 60.7 Å². The third-order valence-corrected chi connectivity index (χ3v) is 8.37. The minimum absolute atomic E-state index is 0.0474. The molecule has 3 fully saturated rings. The number of fused-ring (bicyclic) bond motifs is 1. The van der Waals surface area contributed by atoms with Crippen molar-refractivity contribution in [1.82, 2.24) is 0 Å². The Morgan fingerprint density at radius 2 is 1.19 bits per heavy atom. The van der Waals surface area contributed by atoms with Crippen molar-refractivity contribution in [3.05, 3.63) is 71.8 Å². The van der Waals surface area contributed by atoms with Gasteiger partial charge < -0.3 is 52.1 Å². The molecule has 0 bridgehead atoms. The van der Waals surface area contributed by atoms with Crippen molar-refractivity contribution < 1.29 is 76.1 Å². The molecule has 12 atom stereocenters. The molecule has 0 spiro atoms. The molecule has 3 aliphatic rings. The minimum Gasteiger partial charge on any atom is -0.456 e. The summed E-state index contributed by atoms with van der Waals surface area (Å²) in [7, 11) is 0. The van der Waals surface area contributed by atoms with Gasteiger partial charge in [-0.3, -0.25) is 24.0 Å². The van der Waals surface area contributed by atoms with E-state index in [0.29, 0.717) is 11.1 Å². The van der Waals surface area contributed by atoms with Crippen molar-refractivity contribution in [3.8, 4) is 6.07 Å². The molecular formula is C37H41NO16. The fourth-order valence-electron chi connectivity index (χ4n) is 6.34. The molecule has 1 unspecified atom stereocenters. The van der Waals surface area contributed by atoms with E-state index >= 15 is 0 Å². The first-order chi connectivity index (χ1) is 25.8. The molecule has 5 rings (SSSR count). The highest BCUT2D eigenvalue weighted by Gasteiger charge is 2.56. The highest BCUT2D eigenvalue weighted by Crippen LogP contribution is 2.38. The highest BCUT2D eigenvalue weighted by molar-refractivity contribution is 5.69. The Kier molecular flexibility index (Phi) is 13.7. The van der Waals surface area contributed by atoms with E-state index in [-0.39, 0.29) is 6.61 Å². The van der Waals surface area contributed by atoms with E-state index in [1.165, 1.54) is 6.92 Å². The molecule has 2 aromatic carbocycles. The van der Waals surface area contributed by atoms with Crippen LogP contribution >= 0.6 is 0 Å². The number of ether oxygens (including phenoxy) is 11. The smallest absolute Gasteiger partial charge is 0.303 e. The first-order valence-electron chi connectivity index (χ1n) is 17.0. The van der Waals surface area contributed by atoms with Gasteiger partial charge in [0.15, 0.2) is 49.2 Å². The SMILES string of the molecule is CC(=O)O[C@@H]1[C@@H](OC(C)=O)[C@H](O[C@@H](C#N)c2ccccc2)O[C@H](CO[C@@H]2O[C@@H]3COC(c4ccccc4)O[C@H]3[C@H](OC(C)=O)[C@H]2OC(C)=O)[C@H]1OC(C)=O. The summed E-state index contributed by atoms with van der Waals surface area (Å²) in [5, 5.41) is 10.0. The topological polar surface area (TPSA) is 211 Å². The molecule has 54 heavy (non-hydrogen) atoms. The van der Waals surface area contributed by atoms with Crippen LogP contribution in [-0.2, 0) is 76.1 Å². The molecule has 0 saturated carbocycles. The second kappa shape index (κ2) is 18.4. The van der Waals surface area contributed by atoms with E-state index in [1.54, 1.807) is 54.6 Å². The number of nitrogens with zero attached hydrogens (tertiary/aromatic N) is 1. The average Bonchev–Trinajstić information content (AvgIpc) is 3.12. The van der Waals surface area contributed by atoms with Crippen molar-refractivity contribution in [2.24, 2.45) is 0 Å². The molecule has 0 aliphatic carbocycles. The molecule has 17 nitrogen and oxygen atoms in total. The minimum atomic E-state index is -1.59. The highest BCUT2D eigenvalue weighted by atomic mass is 16.8. The summed E-state index contributed by atoms with van der Waals surface area (Å²) in [6.45, 7) is 5.03. The fourth-order valence-corrected chi connectivity index (χ4v) is 6.34. The molecular weight excluding hydrogens is 714 g/mol. The first kappa shape index (κ1) is 40.2. The van der Waals surface area contributed by atoms with Crippen LogP contribution in [0.15, 0.2) is 60.7 Å². The monoisotopic (exact) mass is 755 g/mol. The first-order valence-corrected chi connectivity index (χ1v) is 17.0. The van der Waals surface area contributed by atoms with Crippen molar-refractivity contribution >= 4 is 29.8 Å². The molecule has 3 aliphatic heterocycles. The van der Waals surface area contributed by atoms with Gasteiger partial charge in [0.1, 0.15) is 18.3 Å². The van der Waals surface area contributed by atoms with Crippen molar-refractivity contribution in [1.29, 1.82) is 5.26 Å². The molecule has 0 N–H and O–H groups in total. The Labute approximate surface area is 310 Å². The van der Waals surface area contributed by atoms with E-state index in [0.717, 1.165) is 27.7 Å². The van der Waals surface area contributed by atoms with E-state index in [9.17, 15) is 29.2 Å². The molecule has 3 heterocycles. The Bertz CT molecular complexity index is 1670. The van der Waals surface area contributed by atoms with Gasteiger partial charge in [-0.25, -0.2) is 0 Å². The predicted molar refractivity (Wildman–Crippen MR) is 177 cm³/mol. The third kappa shape index (κ3) is 10.2. The number of rotatable bonds is 12. The zero-order valence-corrected chi connectivity index (χ0v) is 30.1. The quantitative estimate of drug-likeness (QED) is 0.225. The maximum absolute atomic E-state index is 12.4. The zero-order chi connectivity index (χ0) is 38.9. The summed E-state index contributed by atoms with van der Waals surface area (Å²) in [4.78, 5) is 62.0. The van der Waals surface area contributed by atoms with E-state index < -0.39 is 110 Å². The molecule has 3 saturated heterocycles. The maximum atomic E-state index is 12.4. The van der Waals surface area contributed by atoms with Crippen molar-refractivity contribution in [2.75, 3.05) is 13.2 Å². The lowest BCUT2D eigenvalue weighted by Gasteiger charge is -2.48. The summed E-state index contributed by atoms with van der Waals surface area (Å²) in [5.41, 5.74) is 1.12. The number of benzene rings is 2. The number of carbonyl (C=O) groups is 5. The van der Waals surface area contributed by atoms with Crippen LogP contribution in [0.5, 0.6) is 0 Å². The Morgan fingerprint density at radius 3 is 1.76 bits per heavy atom. The van der Waals surface area contributed by atoms with Gasteiger partial charge in [-0.2, -0.15) is 5.26 Å². The van der Waals surface area contributed by atoms with Crippen LogP contribution < -0.4 is 0 Å². The van der Waals surface area contributed by atoms with Crippen LogP contribution in [0.1, 0.15) is 58.1 Å². The molecule has 2 aromatic rings. The number of nitriles is 1. The Hall–Kier alpha value is -4.96. The molecule has 0 radical (unpaired) electrons. The van der Waals surface area contributed by atoms with Crippen LogP contribution in [0.25, 0.3) is 0 Å². The molecule has 290 valence electrons. The fraction of sp³-hybridized carbons (Fsp3) is 0.514. The second-order valence-electron chi connectivity index (χ2n) is 12.5. The normalized spacial score (nSPS) is 31.0. The molecule has 17 heteroatoms. The Morgan fingerprint density at radius 1 is 0.667 bits per heavy atom. The number of hydrogen-bond acceptors (Lipinski definition) is 17. The summed E-state index contributed by atoms with van der Waals surface area (Å²) in [5.74, 6) is -3.95.